The smallest absolute Gasteiger partial charge is 0.186 e. The summed E-state index contributed by atoms with van der Waals surface area (Å²) < 4.78 is 33.6. The van der Waals surface area contributed by atoms with Crippen molar-refractivity contribution >= 4 is 0 Å². The van der Waals surface area contributed by atoms with Gasteiger partial charge in [-0.15, -0.1) is 0 Å². The molecule has 0 unspecified atom stereocenters. The molecule has 142 valence electrons. The lowest BCUT2D eigenvalue weighted by Crippen LogP contribution is -2.60. The number of hydrogen-bond donors (Lipinski definition) is 2. The lowest BCUT2D eigenvalue weighted by atomic mass is 9.98. The van der Waals surface area contributed by atoms with E-state index in [0.29, 0.717) is 13.0 Å². The van der Waals surface area contributed by atoms with Crippen LogP contribution >= 0.6 is 0 Å². The molecule has 2 aliphatic rings. The van der Waals surface area contributed by atoms with E-state index in [1.807, 2.05) is 13.8 Å². The van der Waals surface area contributed by atoms with Crippen LogP contribution in [-0.2, 0) is 28.4 Å². The maximum atomic E-state index is 10.4. The van der Waals surface area contributed by atoms with Crippen LogP contribution in [0.3, 0.4) is 0 Å². The van der Waals surface area contributed by atoms with Crippen LogP contribution in [0.1, 0.15) is 27.2 Å². The first-order chi connectivity index (χ1) is 11.4. The second-order valence-electron chi connectivity index (χ2n) is 6.23. The van der Waals surface area contributed by atoms with E-state index in [0.717, 1.165) is 0 Å². The van der Waals surface area contributed by atoms with Crippen molar-refractivity contribution in [1.29, 1.82) is 0 Å². The highest BCUT2D eigenvalue weighted by atomic mass is 16.7. The minimum absolute atomic E-state index is 0.360. The third-order valence-electron chi connectivity index (χ3n) is 4.62. The van der Waals surface area contributed by atoms with Crippen LogP contribution in [0.4, 0.5) is 0 Å². The molecule has 2 saturated heterocycles. The van der Waals surface area contributed by atoms with Gasteiger partial charge in [-0.2, -0.15) is 0 Å². The summed E-state index contributed by atoms with van der Waals surface area (Å²) in [5.74, 6) is 0. The fourth-order valence-corrected chi connectivity index (χ4v) is 3.25. The molecule has 0 radical (unpaired) electrons. The van der Waals surface area contributed by atoms with Crippen LogP contribution in [0, 0.1) is 0 Å². The zero-order chi connectivity index (χ0) is 17.9. The largest absolute Gasteiger partial charge is 0.388 e. The van der Waals surface area contributed by atoms with Gasteiger partial charge in [-0.3, -0.25) is 0 Å². The van der Waals surface area contributed by atoms with E-state index in [1.54, 1.807) is 14.0 Å². The van der Waals surface area contributed by atoms with Gasteiger partial charge in [-0.1, -0.05) is 0 Å². The predicted molar refractivity (Wildman–Crippen MR) is 83.4 cm³/mol. The Hall–Kier alpha value is -0.320. The Morgan fingerprint density at radius 2 is 1.67 bits per heavy atom. The highest BCUT2D eigenvalue weighted by molar-refractivity contribution is 4.91. The molecule has 2 rings (SSSR count). The molecule has 9 atom stereocenters. The van der Waals surface area contributed by atoms with Gasteiger partial charge in [0.25, 0.3) is 0 Å². The molecular weight excluding hydrogens is 320 g/mol. The molecule has 0 aromatic heterocycles. The average Bonchev–Trinajstić information content (AvgIpc) is 2.55. The number of ether oxygens (including phenoxy) is 6. The molecule has 0 bridgehead atoms. The van der Waals surface area contributed by atoms with Crippen LogP contribution in [0.5, 0.6) is 0 Å². The third kappa shape index (κ3) is 4.25. The maximum Gasteiger partial charge on any atom is 0.186 e. The lowest BCUT2D eigenvalue weighted by Gasteiger charge is -2.45. The quantitative estimate of drug-likeness (QED) is 0.693. The molecule has 8 nitrogen and oxygen atoms in total. The number of aliphatic hydroxyl groups is 2. The number of hydrogen-bond acceptors (Lipinski definition) is 8. The second kappa shape index (κ2) is 8.86. The Labute approximate surface area is 142 Å². The SMILES string of the molecule is CCO[C@@H]1O[C@H](C)[C@@H](O[C@H]2C[C@@H](OC)[C@H](O)[C@@H](C)O2)[C@H](OC)[C@H]1O. The summed E-state index contributed by atoms with van der Waals surface area (Å²) in [7, 11) is 3.06. The maximum absolute atomic E-state index is 10.4. The van der Waals surface area contributed by atoms with Crippen molar-refractivity contribution < 1.29 is 38.6 Å². The molecule has 0 aromatic carbocycles. The number of rotatable bonds is 6. The first-order valence-corrected chi connectivity index (χ1v) is 8.42. The van der Waals surface area contributed by atoms with Crippen molar-refractivity contribution in [3.8, 4) is 0 Å². The molecule has 2 N–H and O–H groups in total. The molecule has 24 heavy (non-hydrogen) atoms. The van der Waals surface area contributed by atoms with Crippen LogP contribution in [-0.4, -0.2) is 86.3 Å². The van der Waals surface area contributed by atoms with Gasteiger partial charge < -0.3 is 38.6 Å². The summed E-state index contributed by atoms with van der Waals surface area (Å²) in [6.45, 7) is 5.86. The summed E-state index contributed by atoms with van der Waals surface area (Å²) in [6, 6.07) is 0. The van der Waals surface area contributed by atoms with Crippen molar-refractivity contribution in [2.24, 2.45) is 0 Å². The molecule has 0 aromatic rings. The summed E-state index contributed by atoms with van der Waals surface area (Å²) in [4.78, 5) is 0. The molecule has 2 heterocycles. The van der Waals surface area contributed by atoms with E-state index in [9.17, 15) is 10.2 Å². The molecule has 0 saturated carbocycles. The summed E-state index contributed by atoms with van der Waals surface area (Å²) in [5.41, 5.74) is 0. The van der Waals surface area contributed by atoms with E-state index >= 15 is 0 Å². The fourth-order valence-electron chi connectivity index (χ4n) is 3.25. The molecule has 8 heteroatoms. The Bertz CT molecular complexity index is 381. The molecule has 2 fully saturated rings. The van der Waals surface area contributed by atoms with Crippen molar-refractivity contribution in [1.82, 2.24) is 0 Å². The van der Waals surface area contributed by atoms with E-state index < -0.39 is 43.1 Å². The molecule has 2 aliphatic heterocycles. The highest BCUT2D eigenvalue weighted by Gasteiger charge is 2.47. The van der Waals surface area contributed by atoms with E-state index in [2.05, 4.69) is 0 Å². The van der Waals surface area contributed by atoms with Gasteiger partial charge in [0.15, 0.2) is 12.6 Å². The Morgan fingerprint density at radius 3 is 2.25 bits per heavy atom. The topological polar surface area (TPSA) is 95.8 Å². The molecule has 0 spiro atoms. The standard InChI is InChI=1S/C16H30O8/c1-6-21-16-13(18)15(20-5)14(9(3)23-16)24-11-7-10(19-4)12(17)8(2)22-11/h8-18H,6-7H2,1-5H3/t8-,9-,10-,11+,12-,13-,14-,15-,16-/m1/s1. The van der Waals surface area contributed by atoms with E-state index in [1.165, 1.54) is 7.11 Å². The Kier molecular flexibility index (Phi) is 7.39. The molecule has 0 aliphatic carbocycles. The average molecular weight is 350 g/mol. The van der Waals surface area contributed by atoms with Crippen LogP contribution in [0.25, 0.3) is 0 Å². The monoisotopic (exact) mass is 350 g/mol. The van der Waals surface area contributed by atoms with Crippen molar-refractivity contribution in [3.05, 3.63) is 0 Å². The summed E-state index contributed by atoms with van der Waals surface area (Å²) in [5, 5.41) is 20.4. The zero-order valence-electron chi connectivity index (χ0n) is 15.0. The predicted octanol–water partition coefficient (Wildman–Crippen LogP) is 0.0396. The minimum atomic E-state index is -0.971. The minimum Gasteiger partial charge on any atom is -0.388 e. The van der Waals surface area contributed by atoms with Gasteiger partial charge in [0.1, 0.15) is 24.4 Å². The first-order valence-electron chi connectivity index (χ1n) is 8.42. The van der Waals surface area contributed by atoms with Gasteiger partial charge in [-0.05, 0) is 20.8 Å². The highest BCUT2D eigenvalue weighted by Crippen LogP contribution is 2.30. The Morgan fingerprint density at radius 1 is 0.958 bits per heavy atom. The molecule has 0 amide bonds. The van der Waals surface area contributed by atoms with Gasteiger partial charge in [0.2, 0.25) is 0 Å². The van der Waals surface area contributed by atoms with Gasteiger partial charge >= 0.3 is 0 Å². The normalized spacial score (nSPS) is 46.9. The summed E-state index contributed by atoms with van der Waals surface area (Å²) in [6.07, 6.45) is -4.94. The molecular formula is C16H30O8. The van der Waals surface area contributed by atoms with Crippen LogP contribution < -0.4 is 0 Å². The van der Waals surface area contributed by atoms with Crippen LogP contribution in [0.2, 0.25) is 0 Å². The van der Waals surface area contributed by atoms with Crippen molar-refractivity contribution in [2.45, 2.75) is 82.5 Å². The second-order valence-corrected chi connectivity index (χ2v) is 6.23. The van der Waals surface area contributed by atoms with Gasteiger partial charge in [0.05, 0.1) is 18.3 Å². The summed E-state index contributed by atoms with van der Waals surface area (Å²) >= 11 is 0. The van der Waals surface area contributed by atoms with Crippen LogP contribution in [0.15, 0.2) is 0 Å². The first kappa shape index (κ1) is 20.0. The van der Waals surface area contributed by atoms with Crippen molar-refractivity contribution in [2.75, 3.05) is 20.8 Å². The fraction of sp³-hybridized carbons (Fsp3) is 1.00. The van der Waals surface area contributed by atoms with Crippen molar-refractivity contribution in [3.63, 3.8) is 0 Å². The van der Waals surface area contributed by atoms with Gasteiger partial charge in [-0.25, -0.2) is 0 Å². The number of methoxy groups -OCH3 is 2. The lowest BCUT2D eigenvalue weighted by molar-refractivity contribution is -0.337. The van der Waals surface area contributed by atoms with E-state index in [-0.39, 0.29) is 12.2 Å². The Balaban J connectivity index is 2.04. The van der Waals surface area contributed by atoms with Gasteiger partial charge in [0, 0.05) is 27.2 Å². The van der Waals surface area contributed by atoms with E-state index in [4.69, 9.17) is 28.4 Å². The third-order valence-corrected chi connectivity index (χ3v) is 4.62. The number of aliphatic hydroxyl groups excluding tert-OH is 2. The zero-order valence-corrected chi connectivity index (χ0v) is 15.0.